The molecule has 0 aliphatic carbocycles. The second-order valence-corrected chi connectivity index (χ2v) is 11.1. The highest BCUT2D eigenvalue weighted by Gasteiger charge is 2.45. The van der Waals surface area contributed by atoms with Gasteiger partial charge in [-0.3, -0.25) is 4.55 Å². The number of rotatable bonds is 4. The molecule has 12 heavy (non-hydrogen) atoms. The van der Waals surface area contributed by atoms with Crippen molar-refractivity contribution in [3.8, 4) is 0 Å². The molecule has 0 fully saturated rings. The average molecular weight is 216 g/mol. The van der Waals surface area contributed by atoms with Crippen LogP contribution in [0, 0.1) is 0 Å². The molecule has 0 aliphatic rings. The van der Waals surface area contributed by atoms with E-state index in [1.165, 1.54) is 0 Å². The number of hydrogen-bond donors (Lipinski definition) is 2. The van der Waals surface area contributed by atoms with Gasteiger partial charge in [-0.05, 0) is 20.8 Å². The third-order valence-corrected chi connectivity index (χ3v) is 11.9. The molecule has 0 aromatic rings. The average Bonchev–Trinajstić information content (AvgIpc) is 1.90. The lowest BCUT2D eigenvalue weighted by molar-refractivity contribution is 0.500. The summed E-state index contributed by atoms with van der Waals surface area (Å²) in [7, 11) is -3.77. The van der Waals surface area contributed by atoms with E-state index in [0.29, 0.717) is 18.5 Å². The second kappa shape index (κ2) is 5.12. The SMILES string of the molecule is CC[P+](CC)(CC)S(=O)(=O)O.N. The number of hydrogen-bond acceptors (Lipinski definition) is 3. The van der Waals surface area contributed by atoms with E-state index in [-0.39, 0.29) is 6.15 Å². The van der Waals surface area contributed by atoms with Gasteiger partial charge < -0.3 is 6.15 Å². The van der Waals surface area contributed by atoms with Gasteiger partial charge in [0.2, 0.25) is 0 Å². The zero-order valence-electron chi connectivity index (χ0n) is 7.95. The minimum Gasteiger partial charge on any atom is -0.344 e. The maximum atomic E-state index is 11.0. The van der Waals surface area contributed by atoms with Crippen LogP contribution in [0.3, 0.4) is 0 Å². The molecular formula is C6H19NO3PS+. The topological polar surface area (TPSA) is 89.4 Å². The Hall–Kier alpha value is 0.300. The zero-order chi connectivity index (χ0) is 9.12. The van der Waals surface area contributed by atoms with Crippen LogP contribution in [0.1, 0.15) is 20.8 Å². The summed E-state index contributed by atoms with van der Waals surface area (Å²) < 4.78 is 30.9. The van der Waals surface area contributed by atoms with E-state index in [2.05, 4.69) is 0 Å². The van der Waals surface area contributed by atoms with Crippen LogP contribution in [-0.2, 0) is 9.74 Å². The van der Waals surface area contributed by atoms with E-state index >= 15 is 0 Å². The van der Waals surface area contributed by atoms with Gasteiger partial charge in [0.1, 0.15) is 0 Å². The van der Waals surface area contributed by atoms with Crippen LogP contribution in [0.4, 0.5) is 0 Å². The van der Waals surface area contributed by atoms with E-state index in [9.17, 15) is 8.42 Å². The van der Waals surface area contributed by atoms with Crippen LogP contribution in [0.25, 0.3) is 0 Å². The highest BCUT2D eigenvalue weighted by Crippen LogP contribution is 2.62. The first-order chi connectivity index (χ1) is 4.93. The molecule has 4 N–H and O–H groups in total. The van der Waals surface area contributed by atoms with Gasteiger partial charge >= 0.3 is 9.74 Å². The summed E-state index contributed by atoms with van der Waals surface area (Å²) in [6.45, 7) is 3.39. The molecule has 0 saturated carbocycles. The second-order valence-electron chi connectivity index (χ2n) is 2.45. The molecule has 0 bridgehead atoms. The molecule has 0 saturated heterocycles. The molecule has 0 aromatic carbocycles. The standard InChI is InChI=1S/C6H15O3PS.H3N/c1-4-10(5-2,6-3)11(7,8)9;/h4-6H2,1-3H3;1H3/p+1. The first kappa shape index (κ1) is 14.8. The Morgan fingerprint density at radius 3 is 1.33 bits per heavy atom. The van der Waals surface area contributed by atoms with Gasteiger partial charge in [0.15, 0.2) is 6.46 Å². The van der Waals surface area contributed by atoms with E-state index in [1.54, 1.807) is 0 Å². The lowest BCUT2D eigenvalue weighted by Gasteiger charge is -2.17. The van der Waals surface area contributed by atoms with E-state index in [4.69, 9.17) is 4.55 Å². The molecule has 0 aromatic heterocycles. The fraction of sp³-hybridized carbons (Fsp3) is 1.00. The highest BCUT2D eigenvalue weighted by molar-refractivity contribution is 8.54. The van der Waals surface area contributed by atoms with E-state index in [1.807, 2.05) is 20.8 Å². The summed E-state index contributed by atoms with van der Waals surface area (Å²) in [5, 5.41) is 0. The predicted molar refractivity (Wildman–Crippen MR) is 55.1 cm³/mol. The minimum absolute atomic E-state index is 0. The van der Waals surface area contributed by atoms with Crippen LogP contribution in [0.5, 0.6) is 0 Å². The van der Waals surface area contributed by atoms with Gasteiger partial charge in [-0.15, -0.1) is 0 Å². The van der Waals surface area contributed by atoms with Crippen LogP contribution in [-0.4, -0.2) is 31.5 Å². The third-order valence-electron chi connectivity index (χ3n) is 2.22. The monoisotopic (exact) mass is 216 g/mol. The molecule has 0 radical (unpaired) electrons. The summed E-state index contributed by atoms with van der Waals surface area (Å²) >= 11 is 0. The Morgan fingerprint density at radius 1 is 1.08 bits per heavy atom. The van der Waals surface area contributed by atoms with E-state index < -0.39 is 16.2 Å². The van der Waals surface area contributed by atoms with Gasteiger partial charge in [0.05, 0.1) is 18.5 Å². The Labute approximate surface area is 75.2 Å². The lowest BCUT2D eigenvalue weighted by atomic mass is 10.9. The summed E-state index contributed by atoms with van der Waals surface area (Å²) in [5.41, 5.74) is 0. The molecule has 0 aliphatic heterocycles. The Morgan fingerprint density at radius 2 is 1.33 bits per heavy atom. The van der Waals surface area contributed by atoms with Gasteiger partial charge in [0.25, 0.3) is 0 Å². The minimum atomic E-state index is -3.77. The van der Waals surface area contributed by atoms with Gasteiger partial charge in [-0.25, -0.2) is 0 Å². The zero-order valence-corrected chi connectivity index (χ0v) is 9.66. The van der Waals surface area contributed by atoms with Crippen molar-refractivity contribution in [2.24, 2.45) is 0 Å². The van der Waals surface area contributed by atoms with Gasteiger partial charge in [-0.2, -0.15) is 8.42 Å². The predicted octanol–water partition coefficient (Wildman–Crippen LogP) is 2.03. The maximum Gasteiger partial charge on any atom is 0.380 e. The molecule has 0 heterocycles. The van der Waals surface area contributed by atoms with Crippen LogP contribution in [0.2, 0.25) is 0 Å². The first-order valence-corrected chi connectivity index (χ1v) is 8.16. The quantitative estimate of drug-likeness (QED) is 0.555. The molecular weight excluding hydrogens is 197 g/mol. The van der Waals surface area contributed by atoms with Crippen molar-refractivity contribution >= 4 is 16.2 Å². The molecule has 0 atom stereocenters. The molecule has 4 nitrogen and oxygen atoms in total. The van der Waals surface area contributed by atoms with Crippen LogP contribution in [0.15, 0.2) is 0 Å². The maximum absolute atomic E-state index is 11.0. The normalized spacial score (nSPS) is 12.3. The van der Waals surface area contributed by atoms with Crippen molar-refractivity contribution in [3.63, 3.8) is 0 Å². The molecule has 0 spiro atoms. The molecule has 0 unspecified atom stereocenters. The van der Waals surface area contributed by atoms with Crippen molar-refractivity contribution in [2.75, 3.05) is 18.5 Å². The van der Waals surface area contributed by atoms with E-state index in [0.717, 1.165) is 0 Å². The summed E-state index contributed by atoms with van der Waals surface area (Å²) in [5.74, 6) is 0. The largest absolute Gasteiger partial charge is 0.380 e. The van der Waals surface area contributed by atoms with Gasteiger partial charge in [0, 0.05) is 0 Å². The summed E-state index contributed by atoms with van der Waals surface area (Å²) in [6, 6.07) is 0. The fourth-order valence-electron chi connectivity index (χ4n) is 1.16. The molecule has 76 valence electrons. The molecule has 0 rings (SSSR count). The summed E-state index contributed by atoms with van der Waals surface area (Å²) in [6.07, 6.45) is 1.75. The van der Waals surface area contributed by atoms with Crippen molar-refractivity contribution in [2.45, 2.75) is 20.8 Å². The van der Waals surface area contributed by atoms with Crippen molar-refractivity contribution in [1.82, 2.24) is 6.15 Å². The van der Waals surface area contributed by atoms with Crippen molar-refractivity contribution in [3.05, 3.63) is 0 Å². The third kappa shape index (κ3) is 2.66. The summed E-state index contributed by atoms with van der Waals surface area (Å²) in [4.78, 5) is 0. The van der Waals surface area contributed by atoms with Crippen molar-refractivity contribution < 1.29 is 13.0 Å². The Balaban J connectivity index is 0. The lowest BCUT2D eigenvalue weighted by Crippen LogP contribution is -2.13. The smallest absolute Gasteiger partial charge is 0.344 e. The Bertz CT molecular complexity index is 203. The van der Waals surface area contributed by atoms with Crippen LogP contribution >= 0.6 is 6.46 Å². The Kier molecular flexibility index (Phi) is 6.32. The highest BCUT2D eigenvalue weighted by atomic mass is 32.8. The molecule has 0 amide bonds. The van der Waals surface area contributed by atoms with Crippen LogP contribution < -0.4 is 6.15 Å². The van der Waals surface area contributed by atoms with Gasteiger partial charge in [-0.1, -0.05) is 0 Å². The molecule has 6 heteroatoms. The van der Waals surface area contributed by atoms with Crippen molar-refractivity contribution in [1.29, 1.82) is 0 Å². The fourth-order valence-corrected chi connectivity index (χ4v) is 6.42. The first-order valence-electron chi connectivity index (χ1n) is 3.77.